The summed E-state index contributed by atoms with van der Waals surface area (Å²) < 4.78 is 5.16. The number of nitrogens with two attached hydrogens (primary N) is 1. The van der Waals surface area contributed by atoms with Gasteiger partial charge in [-0.2, -0.15) is 0 Å². The zero-order chi connectivity index (χ0) is 14.5. The maximum Gasteiger partial charge on any atom is 0.233 e. The van der Waals surface area contributed by atoms with Gasteiger partial charge in [-0.1, -0.05) is 11.6 Å². The Morgan fingerprint density at radius 1 is 1.50 bits per heavy atom. The van der Waals surface area contributed by atoms with Gasteiger partial charge in [-0.15, -0.1) is 11.8 Å². The number of carbonyl (C=O) groups excluding carboxylic acids is 1. The molecule has 0 aliphatic rings. The van der Waals surface area contributed by atoms with E-state index in [9.17, 15) is 4.79 Å². The fourth-order valence-electron chi connectivity index (χ4n) is 1.60. The van der Waals surface area contributed by atoms with E-state index in [0.717, 1.165) is 10.7 Å². The number of nitrogens with one attached hydrogen (secondary N) is 1. The topological polar surface area (TPSA) is 68.3 Å². The van der Waals surface area contributed by atoms with Gasteiger partial charge in [0.15, 0.2) is 0 Å². The van der Waals surface area contributed by atoms with E-state index >= 15 is 0 Å². The molecule has 0 spiro atoms. The first kappa shape index (κ1) is 14.8. The minimum Gasteiger partial charge on any atom is -0.467 e. The molecule has 0 aliphatic carbocycles. The van der Waals surface area contributed by atoms with Crippen molar-refractivity contribution in [2.24, 2.45) is 0 Å². The summed E-state index contributed by atoms with van der Waals surface area (Å²) in [6.45, 7) is 2.21. The molecule has 1 heterocycles. The van der Waals surface area contributed by atoms with Gasteiger partial charge < -0.3 is 15.5 Å². The molecule has 1 unspecified atom stereocenters. The highest BCUT2D eigenvalue weighted by molar-refractivity contribution is 8.00. The lowest BCUT2D eigenvalue weighted by atomic mass is 10.3. The maximum absolute atomic E-state index is 12.0. The summed E-state index contributed by atoms with van der Waals surface area (Å²) in [5, 5.41) is 3.14. The molecule has 1 aromatic carbocycles. The molecule has 4 nitrogen and oxygen atoms in total. The average Bonchev–Trinajstić information content (AvgIpc) is 2.92. The highest BCUT2D eigenvalue weighted by Crippen LogP contribution is 2.30. The molecule has 1 atom stereocenters. The zero-order valence-corrected chi connectivity index (χ0v) is 12.5. The molecule has 1 amide bonds. The Balaban J connectivity index is 1.90. The van der Waals surface area contributed by atoms with E-state index < -0.39 is 0 Å². The van der Waals surface area contributed by atoms with E-state index in [1.807, 2.05) is 19.1 Å². The normalized spacial score (nSPS) is 12.1. The summed E-state index contributed by atoms with van der Waals surface area (Å²) in [4.78, 5) is 12.8. The molecular weight excluding hydrogens is 296 g/mol. The quantitative estimate of drug-likeness (QED) is 0.656. The Morgan fingerprint density at radius 2 is 2.30 bits per heavy atom. The smallest absolute Gasteiger partial charge is 0.233 e. The number of benzene rings is 1. The van der Waals surface area contributed by atoms with Gasteiger partial charge in [0, 0.05) is 15.6 Å². The minimum absolute atomic E-state index is 0.0687. The van der Waals surface area contributed by atoms with E-state index in [4.69, 9.17) is 21.8 Å². The molecule has 0 radical (unpaired) electrons. The number of carbonyl (C=O) groups is 1. The fraction of sp³-hybridized carbons (Fsp3) is 0.214. The SMILES string of the molecule is CC(Sc1ccc(Cl)cc1N)C(=O)NCc1ccco1. The molecule has 2 rings (SSSR count). The predicted molar refractivity (Wildman–Crippen MR) is 81.7 cm³/mol. The molecule has 6 heteroatoms. The van der Waals surface area contributed by atoms with Crippen molar-refractivity contribution in [2.75, 3.05) is 5.73 Å². The fourth-order valence-corrected chi connectivity index (χ4v) is 2.70. The van der Waals surface area contributed by atoms with Crippen LogP contribution >= 0.6 is 23.4 Å². The molecular formula is C14H15ClN2O2S. The summed E-state index contributed by atoms with van der Waals surface area (Å²) in [7, 11) is 0. The zero-order valence-electron chi connectivity index (χ0n) is 10.9. The second kappa shape index (κ2) is 6.72. The van der Waals surface area contributed by atoms with Gasteiger partial charge >= 0.3 is 0 Å². The van der Waals surface area contributed by atoms with Crippen LogP contribution in [0.2, 0.25) is 5.02 Å². The third kappa shape index (κ3) is 3.95. The number of rotatable bonds is 5. The minimum atomic E-state index is -0.256. The van der Waals surface area contributed by atoms with Crippen molar-refractivity contribution in [1.82, 2.24) is 5.32 Å². The monoisotopic (exact) mass is 310 g/mol. The van der Waals surface area contributed by atoms with Crippen molar-refractivity contribution >= 4 is 35.0 Å². The predicted octanol–water partition coefficient (Wildman–Crippen LogP) is 3.31. The number of anilines is 1. The van der Waals surface area contributed by atoms with Crippen molar-refractivity contribution in [1.29, 1.82) is 0 Å². The van der Waals surface area contributed by atoms with E-state index in [1.165, 1.54) is 11.8 Å². The van der Waals surface area contributed by atoms with Crippen molar-refractivity contribution < 1.29 is 9.21 Å². The Morgan fingerprint density at radius 3 is 2.95 bits per heavy atom. The van der Waals surface area contributed by atoms with Crippen molar-refractivity contribution in [3.05, 3.63) is 47.4 Å². The van der Waals surface area contributed by atoms with E-state index in [1.54, 1.807) is 24.5 Å². The van der Waals surface area contributed by atoms with Crippen molar-refractivity contribution in [2.45, 2.75) is 23.6 Å². The molecule has 3 N–H and O–H groups in total. The number of thioether (sulfide) groups is 1. The van der Waals surface area contributed by atoms with Crippen LogP contribution in [0.25, 0.3) is 0 Å². The van der Waals surface area contributed by atoms with Gasteiger partial charge in [0.1, 0.15) is 5.76 Å². The summed E-state index contributed by atoms with van der Waals surface area (Å²) >= 11 is 7.24. The number of nitrogen functional groups attached to an aromatic ring is 1. The van der Waals surface area contributed by atoms with E-state index in [0.29, 0.717) is 17.3 Å². The van der Waals surface area contributed by atoms with Crippen LogP contribution < -0.4 is 11.1 Å². The van der Waals surface area contributed by atoms with Gasteiger partial charge in [0.2, 0.25) is 5.91 Å². The number of halogens is 1. The molecule has 1 aromatic heterocycles. The van der Waals surface area contributed by atoms with E-state index in [-0.39, 0.29) is 11.2 Å². The number of amides is 1. The number of hydrogen-bond donors (Lipinski definition) is 2. The Kier molecular flexibility index (Phi) is 4.98. The van der Waals surface area contributed by atoms with Gasteiger partial charge in [-0.05, 0) is 37.3 Å². The van der Waals surface area contributed by atoms with E-state index in [2.05, 4.69) is 5.32 Å². The van der Waals surface area contributed by atoms with Crippen LogP contribution in [-0.4, -0.2) is 11.2 Å². The van der Waals surface area contributed by atoms with Crippen molar-refractivity contribution in [3.63, 3.8) is 0 Å². The molecule has 20 heavy (non-hydrogen) atoms. The first-order valence-electron chi connectivity index (χ1n) is 6.08. The first-order chi connectivity index (χ1) is 9.56. The lowest BCUT2D eigenvalue weighted by Gasteiger charge is -2.12. The highest BCUT2D eigenvalue weighted by atomic mass is 35.5. The number of hydrogen-bond acceptors (Lipinski definition) is 4. The first-order valence-corrected chi connectivity index (χ1v) is 7.34. The molecule has 0 fully saturated rings. The summed E-state index contributed by atoms with van der Waals surface area (Å²) in [5.74, 6) is 0.655. The largest absolute Gasteiger partial charge is 0.467 e. The summed E-state index contributed by atoms with van der Waals surface area (Å²) in [5.41, 5.74) is 6.45. The van der Waals surface area contributed by atoms with Crippen LogP contribution in [0.15, 0.2) is 45.9 Å². The van der Waals surface area contributed by atoms with Crippen LogP contribution in [0.3, 0.4) is 0 Å². The summed E-state index contributed by atoms with van der Waals surface area (Å²) in [6, 6.07) is 8.85. The molecule has 2 aromatic rings. The molecule has 0 saturated carbocycles. The van der Waals surface area contributed by atoms with Crippen LogP contribution in [0.4, 0.5) is 5.69 Å². The molecule has 0 bridgehead atoms. The van der Waals surface area contributed by atoms with Gasteiger partial charge in [0.25, 0.3) is 0 Å². The Bertz CT molecular complexity index is 587. The lowest BCUT2D eigenvalue weighted by molar-refractivity contribution is -0.120. The average molecular weight is 311 g/mol. The molecule has 0 aliphatic heterocycles. The van der Waals surface area contributed by atoms with Gasteiger partial charge in [0.05, 0.1) is 18.1 Å². The van der Waals surface area contributed by atoms with Gasteiger partial charge in [-0.25, -0.2) is 0 Å². The Labute approximate surface area is 126 Å². The molecule has 0 saturated heterocycles. The standard InChI is InChI=1S/C14H15ClN2O2S/c1-9(14(18)17-8-11-3-2-6-19-11)20-13-5-4-10(15)7-12(13)16/h2-7,9H,8,16H2,1H3,(H,17,18). The van der Waals surface area contributed by atoms with Crippen LogP contribution in [0.5, 0.6) is 0 Å². The highest BCUT2D eigenvalue weighted by Gasteiger charge is 2.15. The third-order valence-corrected chi connectivity index (χ3v) is 4.09. The van der Waals surface area contributed by atoms with Crippen LogP contribution in [0, 0.1) is 0 Å². The third-order valence-electron chi connectivity index (χ3n) is 2.66. The second-order valence-corrected chi connectivity index (χ2v) is 6.06. The second-order valence-electron chi connectivity index (χ2n) is 4.24. The summed E-state index contributed by atoms with van der Waals surface area (Å²) in [6.07, 6.45) is 1.58. The van der Waals surface area contributed by atoms with Crippen LogP contribution in [0.1, 0.15) is 12.7 Å². The number of furan rings is 1. The molecule has 106 valence electrons. The van der Waals surface area contributed by atoms with Crippen LogP contribution in [-0.2, 0) is 11.3 Å². The Hall–Kier alpha value is -1.59. The van der Waals surface area contributed by atoms with Gasteiger partial charge in [-0.3, -0.25) is 4.79 Å². The maximum atomic E-state index is 12.0. The lowest BCUT2D eigenvalue weighted by Crippen LogP contribution is -2.30. The van der Waals surface area contributed by atoms with Crippen molar-refractivity contribution in [3.8, 4) is 0 Å².